The number of hydrogen-bond acceptors (Lipinski definition) is 5. The van der Waals surface area contributed by atoms with Crippen molar-refractivity contribution in [2.24, 2.45) is 5.18 Å². The molecular weight excluding hydrogens is 149 g/mol. The number of rotatable bonds is 4. The number of nitroso groups, excluding NO2 is 1. The van der Waals surface area contributed by atoms with Crippen LogP contribution < -0.4 is 0 Å². The van der Waals surface area contributed by atoms with Gasteiger partial charge in [-0.1, -0.05) is 0 Å². The van der Waals surface area contributed by atoms with Crippen molar-refractivity contribution in [3.05, 3.63) is 4.91 Å². The first-order valence-electron chi connectivity index (χ1n) is 3.13. The maximum atomic E-state index is 10.7. The third-order valence-electron chi connectivity index (χ3n) is 1.00. The van der Waals surface area contributed by atoms with Crippen LogP contribution in [0.1, 0.15) is 6.92 Å². The SMILES string of the molecule is BC(=O)C(N=O)C(=O)OCC. The van der Waals surface area contributed by atoms with Gasteiger partial charge in [0.25, 0.3) is 0 Å². The number of hydrogen-bond donors (Lipinski definition) is 0. The van der Waals surface area contributed by atoms with Crippen LogP contribution in [0.4, 0.5) is 0 Å². The maximum absolute atomic E-state index is 10.7. The third-order valence-corrected chi connectivity index (χ3v) is 1.00. The van der Waals surface area contributed by atoms with Gasteiger partial charge in [0.2, 0.25) is 6.04 Å². The maximum Gasteiger partial charge on any atom is 0.341 e. The first-order chi connectivity index (χ1) is 5.13. The van der Waals surface area contributed by atoms with Crippen molar-refractivity contribution in [3.8, 4) is 0 Å². The summed E-state index contributed by atoms with van der Waals surface area (Å²) in [6.07, 6.45) is 0. The number of carbonyl (C=O) groups is 2. The fourth-order valence-corrected chi connectivity index (χ4v) is 0.504. The smallest absolute Gasteiger partial charge is 0.341 e. The highest BCUT2D eigenvalue weighted by molar-refractivity contribution is 6.61. The summed E-state index contributed by atoms with van der Waals surface area (Å²) in [5.41, 5.74) is -0.599. The summed E-state index contributed by atoms with van der Waals surface area (Å²) in [6, 6.07) is -1.49. The molecule has 1 unspecified atom stereocenters. The highest BCUT2D eigenvalue weighted by Crippen LogP contribution is 1.94. The van der Waals surface area contributed by atoms with E-state index < -0.39 is 17.7 Å². The summed E-state index contributed by atoms with van der Waals surface area (Å²) < 4.78 is 4.40. The summed E-state index contributed by atoms with van der Waals surface area (Å²) in [6.45, 7) is 1.72. The van der Waals surface area contributed by atoms with Crippen LogP contribution in [-0.4, -0.2) is 32.1 Å². The van der Waals surface area contributed by atoms with E-state index in [2.05, 4.69) is 9.91 Å². The van der Waals surface area contributed by atoms with E-state index in [4.69, 9.17) is 0 Å². The van der Waals surface area contributed by atoms with Crippen LogP contribution in [0.3, 0.4) is 0 Å². The van der Waals surface area contributed by atoms with Gasteiger partial charge in [-0.2, -0.15) is 0 Å². The van der Waals surface area contributed by atoms with Crippen molar-refractivity contribution in [3.63, 3.8) is 0 Å². The topological polar surface area (TPSA) is 72.8 Å². The molecule has 0 aliphatic carbocycles. The standard InChI is InChI=1S/C5H8BNO4/c1-2-11-5(9)3(7-10)4(6)8/h3H,2,6H2,1H3. The molecule has 0 bridgehead atoms. The number of nitrogens with zero attached hydrogens (tertiary/aromatic N) is 1. The third kappa shape index (κ3) is 2.93. The molecule has 0 fully saturated rings. The van der Waals surface area contributed by atoms with Gasteiger partial charge in [-0.05, 0) is 12.1 Å². The summed E-state index contributed by atoms with van der Waals surface area (Å²) >= 11 is 0. The molecule has 0 radical (unpaired) electrons. The van der Waals surface area contributed by atoms with Crippen LogP contribution in [0, 0.1) is 4.91 Å². The summed E-state index contributed by atoms with van der Waals surface area (Å²) in [4.78, 5) is 31.1. The molecular formula is C5H8BNO4. The molecule has 0 saturated heterocycles. The lowest BCUT2D eigenvalue weighted by Crippen LogP contribution is -2.29. The molecule has 5 nitrogen and oxygen atoms in total. The summed E-state index contributed by atoms with van der Waals surface area (Å²) in [5.74, 6) is -0.880. The second-order valence-electron chi connectivity index (χ2n) is 1.87. The van der Waals surface area contributed by atoms with E-state index in [0.717, 1.165) is 7.85 Å². The lowest BCUT2D eigenvalue weighted by Gasteiger charge is -2.03. The summed E-state index contributed by atoms with van der Waals surface area (Å²) in [7, 11) is 1.11. The number of esters is 1. The van der Waals surface area contributed by atoms with E-state index in [0.29, 0.717) is 0 Å². The van der Waals surface area contributed by atoms with Crippen molar-refractivity contribution in [1.82, 2.24) is 0 Å². The van der Waals surface area contributed by atoms with Gasteiger partial charge in [-0.15, -0.1) is 4.91 Å². The second kappa shape index (κ2) is 4.59. The Labute approximate surface area is 64.5 Å². The van der Waals surface area contributed by atoms with Crippen LogP contribution in [0.5, 0.6) is 0 Å². The second-order valence-corrected chi connectivity index (χ2v) is 1.87. The molecule has 0 N–H and O–H groups in total. The molecule has 0 heterocycles. The predicted molar refractivity (Wildman–Crippen MR) is 39.8 cm³/mol. The van der Waals surface area contributed by atoms with Gasteiger partial charge in [-0.3, -0.25) is 0 Å². The van der Waals surface area contributed by atoms with Gasteiger partial charge in [0.05, 0.1) is 6.61 Å². The molecule has 0 aromatic carbocycles. The fraction of sp³-hybridized carbons (Fsp3) is 0.600. The Morgan fingerprint density at radius 2 is 2.18 bits per heavy atom. The van der Waals surface area contributed by atoms with E-state index in [-0.39, 0.29) is 6.61 Å². The molecule has 0 rings (SSSR count). The average Bonchev–Trinajstić information content (AvgIpc) is 1.88. The van der Waals surface area contributed by atoms with Gasteiger partial charge in [0.1, 0.15) is 5.68 Å². The minimum Gasteiger partial charge on any atom is -0.464 e. The van der Waals surface area contributed by atoms with Crippen LogP contribution in [-0.2, 0) is 14.3 Å². The van der Waals surface area contributed by atoms with Crippen molar-refractivity contribution in [2.75, 3.05) is 6.61 Å². The van der Waals surface area contributed by atoms with Crippen LogP contribution in [0.25, 0.3) is 0 Å². The fourth-order valence-electron chi connectivity index (χ4n) is 0.504. The number of carbonyl (C=O) groups excluding carboxylic acids is 2. The molecule has 0 aromatic rings. The normalized spacial score (nSPS) is 11.7. The van der Waals surface area contributed by atoms with E-state index in [1.165, 1.54) is 0 Å². The Hall–Kier alpha value is -1.20. The molecule has 0 aliphatic heterocycles. The minimum absolute atomic E-state index is 0.137. The average molecular weight is 157 g/mol. The molecule has 6 heteroatoms. The largest absolute Gasteiger partial charge is 0.464 e. The van der Waals surface area contributed by atoms with Crippen LogP contribution in [0.2, 0.25) is 0 Å². The lowest BCUT2D eigenvalue weighted by atomic mass is 9.96. The monoisotopic (exact) mass is 157 g/mol. The molecule has 0 saturated carbocycles. The van der Waals surface area contributed by atoms with E-state index in [9.17, 15) is 14.5 Å². The molecule has 60 valence electrons. The van der Waals surface area contributed by atoms with Crippen molar-refractivity contribution in [2.45, 2.75) is 13.0 Å². The Morgan fingerprint density at radius 1 is 1.64 bits per heavy atom. The highest BCUT2D eigenvalue weighted by Gasteiger charge is 2.24. The zero-order valence-electron chi connectivity index (χ0n) is 6.36. The van der Waals surface area contributed by atoms with E-state index in [1.54, 1.807) is 6.92 Å². The number of ether oxygens (including phenoxy) is 1. The molecule has 1 atom stereocenters. The molecule has 11 heavy (non-hydrogen) atoms. The zero-order chi connectivity index (χ0) is 8.85. The zero-order valence-corrected chi connectivity index (χ0v) is 6.36. The van der Waals surface area contributed by atoms with Crippen molar-refractivity contribution >= 4 is 19.5 Å². The molecule has 0 aromatic heterocycles. The van der Waals surface area contributed by atoms with Gasteiger partial charge in [-0.25, -0.2) is 4.79 Å². The first-order valence-corrected chi connectivity index (χ1v) is 3.13. The van der Waals surface area contributed by atoms with E-state index >= 15 is 0 Å². The quantitative estimate of drug-likeness (QED) is 0.223. The Kier molecular flexibility index (Phi) is 4.10. The minimum atomic E-state index is -1.49. The first kappa shape index (κ1) is 9.80. The summed E-state index contributed by atoms with van der Waals surface area (Å²) in [5, 5.41) is 2.33. The Morgan fingerprint density at radius 3 is 2.45 bits per heavy atom. The Bertz CT molecular complexity index is 181. The molecule has 0 amide bonds. The van der Waals surface area contributed by atoms with Crippen molar-refractivity contribution < 1.29 is 14.3 Å². The van der Waals surface area contributed by atoms with Gasteiger partial charge >= 0.3 is 5.97 Å². The van der Waals surface area contributed by atoms with Gasteiger partial charge in [0.15, 0.2) is 7.85 Å². The van der Waals surface area contributed by atoms with Crippen LogP contribution >= 0.6 is 0 Å². The van der Waals surface area contributed by atoms with Gasteiger partial charge in [0, 0.05) is 0 Å². The molecule has 0 aliphatic rings. The van der Waals surface area contributed by atoms with Crippen molar-refractivity contribution in [1.29, 1.82) is 0 Å². The molecule has 0 spiro atoms. The predicted octanol–water partition coefficient (Wildman–Crippen LogP) is -1.16. The van der Waals surface area contributed by atoms with E-state index in [1.807, 2.05) is 0 Å². The lowest BCUT2D eigenvalue weighted by molar-refractivity contribution is -0.146. The van der Waals surface area contributed by atoms with Gasteiger partial charge < -0.3 is 9.53 Å². The highest BCUT2D eigenvalue weighted by atomic mass is 16.5. The Balaban J connectivity index is 4.14. The van der Waals surface area contributed by atoms with Crippen LogP contribution in [0.15, 0.2) is 5.18 Å².